The third-order valence-electron chi connectivity index (χ3n) is 4.35. The SMILES string of the molecule is CCCCOc1ccc(C=O)cc1.NCCCC[C@H](N)C(=O)O.NCCc1ccccc1. The minimum Gasteiger partial charge on any atom is -0.494 e. The molecule has 0 aliphatic rings. The first-order chi connectivity index (χ1) is 15.5. The lowest BCUT2D eigenvalue weighted by Gasteiger charge is -2.04. The lowest BCUT2D eigenvalue weighted by molar-refractivity contribution is -0.138. The second-order valence-electron chi connectivity index (χ2n) is 7.14. The Morgan fingerprint density at radius 2 is 1.66 bits per heavy atom. The van der Waals surface area contributed by atoms with Gasteiger partial charge in [0, 0.05) is 5.56 Å². The molecular formula is C25H39N3O4. The Kier molecular flexibility index (Phi) is 18.5. The number of benzene rings is 2. The molecule has 0 aliphatic heterocycles. The van der Waals surface area contributed by atoms with Gasteiger partial charge in [-0.1, -0.05) is 50.1 Å². The van der Waals surface area contributed by atoms with E-state index in [0.29, 0.717) is 18.5 Å². The third-order valence-corrected chi connectivity index (χ3v) is 4.35. The molecular weight excluding hydrogens is 406 g/mol. The van der Waals surface area contributed by atoms with E-state index in [1.807, 2.05) is 30.3 Å². The van der Waals surface area contributed by atoms with Gasteiger partial charge in [-0.3, -0.25) is 9.59 Å². The van der Waals surface area contributed by atoms with Gasteiger partial charge in [0.2, 0.25) is 0 Å². The molecule has 178 valence electrons. The highest BCUT2D eigenvalue weighted by Crippen LogP contribution is 2.11. The van der Waals surface area contributed by atoms with Crippen molar-refractivity contribution in [2.45, 2.75) is 51.5 Å². The largest absolute Gasteiger partial charge is 0.494 e. The molecule has 7 nitrogen and oxygen atoms in total. The minimum atomic E-state index is -0.933. The molecule has 32 heavy (non-hydrogen) atoms. The monoisotopic (exact) mass is 445 g/mol. The summed E-state index contributed by atoms with van der Waals surface area (Å²) in [7, 11) is 0. The maximum Gasteiger partial charge on any atom is 0.320 e. The molecule has 7 heteroatoms. The maximum atomic E-state index is 10.3. The number of carboxylic acids is 1. The molecule has 0 radical (unpaired) electrons. The van der Waals surface area contributed by atoms with E-state index in [2.05, 4.69) is 19.1 Å². The van der Waals surface area contributed by atoms with E-state index in [9.17, 15) is 9.59 Å². The number of carbonyl (C=O) groups excluding carboxylic acids is 1. The van der Waals surface area contributed by atoms with Crippen LogP contribution >= 0.6 is 0 Å². The molecule has 0 amide bonds. The van der Waals surface area contributed by atoms with Gasteiger partial charge < -0.3 is 27.0 Å². The fourth-order valence-corrected chi connectivity index (χ4v) is 2.42. The molecule has 0 heterocycles. The molecule has 0 aromatic heterocycles. The molecule has 0 fully saturated rings. The van der Waals surface area contributed by atoms with E-state index in [4.69, 9.17) is 27.0 Å². The standard InChI is InChI=1S/C11H14O2.C8H11N.C6H14N2O2/c1-2-3-8-13-11-6-4-10(9-12)5-7-11;9-7-6-8-4-2-1-3-5-8;7-4-2-1-3-5(8)6(9)10/h4-7,9H,2-3,8H2,1H3;1-5H,6-7,9H2;5H,1-4,7-8H2,(H,9,10)/t;;5-/m..0/s1. The van der Waals surface area contributed by atoms with Gasteiger partial charge in [-0.05, 0) is 68.6 Å². The summed E-state index contributed by atoms with van der Waals surface area (Å²) in [5.41, 5.74) is 17.8. The maximum absolute atomic E-state index is 10.3. The number of hydrogen-bond donors (Lipinski definition) is 4. The zero-order chi connectivity index (χ0) is 24.0. The van der Waals surface area contributed by atoms with Crippen LogP contribution < -0.4 is 21.9 Å². The van der Waals surface area contributed by atoms with E-state index < -0.39 is 12.0 Å². The number of aldehydes is 1. The Hall–Kier alpha value is -2.74. The molecule has 0 bridgehead atoms. The van der Waals surface area contributed by atoms with Crippen molar-refractivity contribution in [1.29, 1.82) is 0 Å². The highest BCUT2D eigenvalue weighted by molar-refractivity contribution is 5.74. The van der Waals surface area contributed by atoms with Crippen LogP contribution in [-0.4, -0.2) is 43.1 Å². The van der Waals surface area contributed by atoms with E-state index in [1.54, 1.807) is 12.1 Å². The number of nitrogens with two attached hydrogens (primary N) is 3. The Balaban J connectivity index is 0.000000460. The highest BCUT2D eigenvalue weighted by atomic mass is 16.5. The average molecular weight is 446 g/mol. The summed E-state index contributed by atoms with van der Waals surface area (Å²) in [4.78, 5) is 20.5. The Bertz CT molecular complexity index is 709. The number of ether oxygens (including phenoxy) is 1. The lowest BCUT2D eigenvalue weighted by Crippen LogP contribution is -2.29. The van der Waals surface area contributed by atoms with Crippen molar-refractivity contribution in [3.8, 4) is 5.75 Å². The van der Waals surface area contributed by atoms with Gasteiger partial charge in [-0.2, -0.15) is 0 Å². The van der Waals surface area contributed by atoms with E-state index in [1.165, 1.54) is 5.56 Å². The van der Waals surface area contributed by atoms with Gasteiger partial charge in [-0.25, -0.2) is 0 Å². The summed E-state index contributed by atoms with van der Waals surface area (Å²) >= 11 is 0. The summed E-state index contributed by atoms with van der Waals surface area (Å²) in [5, 5.41) is 8.33. The number of hydrogen-bond acceptors (Lipinski definition) is 6. The molecule has 0 aliphatic carbocycles. The van der Waals surface area contributed by atoms with Gasteiger partial charge in [0.1, 0.15) is 18.1 Å². The first-order valence-electron chi connectivity index (χ1n) is 11.1. The second kappa shape index (κ2) is 20.2. The van der Waals surface area contributed by atoms with Gasteiger partial charge in [0.25, 0.3) is 0 Å². The Morgan fingerprint density at radius 1 is 1.00 bits per heavy atom. The predicted octanol–water partition coefficient (Wildman–Crippen LogP) is 3.39. The van der Waals surface area contributed by atoms with Crippen LogP contribution in [-0.2, 0) is 11.2 Å². The molecule has 0 unspecified atom stereocenters. The Labute approximate surface area is 191 Å². The van der Waals surface area contributed by atoms with E-state index in [0.717, 1.165) is 57.3 Å². The summed E-state index contributed by atoms with van der Waals surface area (Å²) < 4.78 is 5.43. The molecule has 1 atom stereocenters. The molecule has 0 saturated heterocycles. The van der Waals surface area contributed by atoms with Crippen LogP contribution in [0.15, 0.2) is 54.6 Å². The average Bonchev–Trinajstić information content (AvgIpc) is 2.81. The number of carbonyl (C=O) groups is 2. The van der Waals surface area contributed by atoms with Crippen LogP contribution in [0.4, 0.5) is 0 Å². The summed E-state index contributed by atoms with van der Waals surface area (Å²) in [6, 6.07) is 16.7. The molecule has 7 N–H and O–H groups in total. The van der Waals surface area contributed by atoms with Crippen molar-refractivity contribution in [1.82, 2.24) is 0 Å². The number of aliphatic carboxylic acids is 1. The predicted molar refractivity (Wildman–Crippen MR) is 130 cm³/mol. The van der Waals surface area contributed by atoms with Crippen LogP contribution in [0.2, 0.25) is 0 Å². The number of unbranched alkanes of at least 4 members (excludes halogenated alkanes) is 2. The lowest BCUT2D eigenvalue weighted by atomic mass is 10.1. The second-order valence-corrected chi connectivity index (χ2v) is 7.14. The summed E-state index contributed by atoms with van der Waals surface area (Å²) in [6.45, 7) is 4.21. The Morgan fingerprint density at radius 3 is 2.16 bits per heavy atom. The van der Waals surface area contributed by atoms with Crippen molar-refractivity contribution in [3.05, 3.63) is 65.7 Å². The van der Waals surface area contributed by atoms with Gasteiger partial charge in [0.15, 0.2) is 0 Å². The molecule has 2 rings (SSSR count). The van der Waals surface area contributed by atoms with Gasteiger partial charge in [0.05, 0.1) is 6.61 Å². The molecule has 0 spiro atoms. The number of carboxylic acid groups (broad SMARTS) is 1. The van der Waals surface area contributed by atoms with Crippen molar-refractivity contribution in [2.24, 2.45) is 17.2 Å². The van der Waals surface area contributed by atoms with Crippen LogP contribution in [0, 0.1) is 0 Å². The van der Waals surface area contributed by atoms with Gasteiger partial charge in [-0.15, -0.1) is 0 Å². The molecule has 2 aromatic carbocycles. The highest BCUT2D eigenvalue weighted by Gasteiger charge is 2.09. The quantitative estimate of drug-likeness (QED) is 0.290. The van der Waals surface area contributed by atoms with Crippen LogP contribution in [0.3, 0.4) is 0 Å². The fraction of sp³-hybridized carbons (Fsp3) is 0.440. The molecule has 2 aromatic rings. The van der Waals surface area contributed by atoms with E-state index in [-0.39, 0.29) is 0 Å². The normalized spacial score (nSPS) is 10.6. The zero-order valence-electron chi connectivity index (χ0n) is 19.1. The molecule has 0 saturated carbocycles. The third kappa shape index (κ3) is 16.0. The van der Waals surface area contributed by atoms with Crippen molar-refractivity contribution >= 4 is 12.3 Å². The van der Waals surface area contributed by atoms with Gasteiger partial charge >= 0.3 is 5.97 Å². The van der Waals surface area contributed by atoms with Crippen LogP contribution in [0.25, 0.3) is 0 Å². The van der Waals surface area contributed by atoms with Crippen LogP contribution in [0.1, 0.15) is 54.9 Å². The summed E-state index contributed by atoms with van der Waals surface area (Å²) in [5.74, 6) is -0.101. The van der Waals surface area contributed by atoms with Crippen molar-refractivity contribution in [3.63, 3.8) is 0 Å². The first kappa shape index (κ1) is 29.3. The fourth-order valence-electron chi connectivity index (χ4n) is 2.42. The summed E-state index contributed by atoms with van der Waals surface area (Å²) in [6.07, 6.45) is 6.18. The minimum absolute atomic E-state index is 0.520. The van der Waals surface area contributed by atoms with E-state index >= 15 is 0 Å². The van der Waals surface area contributed by atoms with Crippen LogP contribution in [0.5, 0.6) is 5.75 Å². The van der Waals surface area contributed by atoms with Crippen molar-refractivity contribution < 1.29 is 19.4 Å². The smallest absolute Gasteiger partial charge is 0.320 e. The topological polar surface area (TPSA) is 142 Å². The first-order valence-corrected chi connectivity index (χ1v) is 11.1. The zero-order valence-corrected chi connectivity index (χ0v) is 19.1. The number of rotatable bonds is 12. The van der Waals surface area contributed by atoms with Crippen molar-refractivity contribution in [2.75, 3.05) is 19.7 Å².